The van der Waals surface area contributed by atoms with Crippen molar-refractivity contribution in [2.75, 3.05) is 11.9 Å². The van der Waals surface area contributed by atoms with Crippen molar-refractivity contribution < 1.29 is 4.92 Å². The van der Waals surface area contributed by atoms with E-state index < -0.39 is 4.92 Å². The number of hydrogen-bond donors (Lipinski definition) is 1. The number of aromatic nitrogens is 3. The third kappa shape index (κ3) is 4.24. The topological polar surface area (TPSA) is 93.8 Å². The fraction of sp³-hybridized carbons (Fsp3) is 0.154. The van der Waals surface area contributed by atoms with Crippen molar-refractivity contribution in [1.82, 2.24) is 15.2 Å². The zero-order valence-corrected chi connectivity index (χ0v) is 14.2. The maximum absolute atomic E-state index is 11.0. The van der Waals surface area contributed by atoms with Crippen molar-refractivity contribution in [2.45, 2.75) is 15.8 Å². The van der Waals surface area contributed by atoms with Crippen molar-refractivity contribution >= 4 is 45.3 Å². The Morgan fingerprint density at radius 1 is 1.30 bits per heavy atom. The smallest absolute Gasteiger partial charge is 0.301 e. The molecule has 3 aromatic heterocycles. The molecule has 3 aromatic rings. The van der Waals surface area contributed by atoms with Crippen LogP contribution in [0.15, 0.2) is 45.2 Å². The van der Waals surface area contributed by atoms with E-state index in [1.807, 2.05) is 6.07 Å². The molecule has 1 N–H and O–H groups in total. The molecule has 0 aliphatic rings. The largest absolute Gasteiger partial charge is 0.360 e. The first-order valence-electron chi connectivity index (χ1n) is 6.59. The van der Waals surface area contributed by atoms with Gasteiger partial charge < -0.3 is 5.32 Å². The number of nitrogens with zero attached hydrogens (tertiary/aromatic N) is 4. The number of nitrogens with one attached hydrogen (secondary N) is 1. The second kappa shape index (κ2) is 7.49. The van der Waals surface area contributed by atoms with Gasteiger partial charge >= 0.3 is 5.69 Å². The Bertz CT molecular complexity index is 791. The van der Waals surface area contributed by atoms with E-state index in [1.165, 1.54) is 28.5 Å². The molecule has 0 saturated heterocycles. The highest BCUT2D eigenvalue weighted by Crippen LogP contribution is 2.35. The number of hydrogen-bond acceptors (Lipinski definition) is 9. The van der Waals surface area contributed by atoms with Gasteiger partial charge in [0.25, 0.3) is 0 Å². The van der Waals surface area contributed by atoms with Crippen LogP contribution in [0, 0.1) is 10.1 Å². The van der Waals surface area contributed by atoms with Gasteiger partial charge in [0.2, 0.25) is 5.13 Å². The Morgan fingerprint density at radius 3 is 3.00 bits per heavy atom. The van der Waals surface area contributed by atoms with Crippen LogP contribution in [0.1, 0.15) is 4.88 Å². The summed E-state index contributed by atoms with van der Waals surface area (Å²) in [6, 6.07) is 7.09. The molecule has 0 aromatic carbocycles. The van der Waals surface area contributed by atoms with Crippen LogP contribution in [-0.2, 0) is 6.42 Å². The van der Waals surface area contributed by atoms with Crippen molar-refractivity contribution in [2.24, 2.45) is 0 Å². The molecule has 3 heterocycles. The van der Waals surface area contributed by atoms with Gasteiger partial charge in [0.05, 0.1) is 4.92 Å². The predicted octanol–water partition coefficient (Wildman–Crippen LogP) is 3.71. The lowest BCUT2D eigenvalue weighted by Crippen LogP contribution is -2.03. The lowest BCUT2D eigenvalue weighted by atomic mass is 10.3. The molecule has 23 heavy (non-hydrogen) atoms. The number of nitro groups is 1. The van der Waals surface area contributed by atoms with Crippen LogP contribution in [0.25, 0.3) is 0 Å². The molecule has 0 spiro atoms. The maximum atomic E-state index is 11.0. The monoisotopic (exact) mass is 365 g/mol. The normalized spacial score (nSPS) is 10.6. The first kappa shape index (κ1) is 15.8. The third-order valence-corrected chi connectivity index (χ3v) is 5.64. The van der Waals surface area contributed by atoms with Gasteiger partial charge in [0.15, 0.2) is 9.37 Å². The number of thiophene rings is 1. The van der Waals surface area contributed by atoms with Gasteiger partial charge in [-0.1, -0.05) is 17.4 Å². The first-order chi connectivity index (χ1) is 11.2. The summed E-state index contributed by atoms with van der Waals surface area (Å²) in [5.41, 5.74) is -0.0279. The van der Waals surface area contributed by atoms with Crippen LogP contribution in [0.4, 0.5) is 10.8 Å². The summed E-state index contributed by atoms with van der Waals surface area (Å²) in [6.45, 7) is 0.767. The SMILES string of the molecule is O=[N+]([O-])c1cccnc1Sc1nnc(NCCc2cccs2)s1. The van der Waals surface area contributed by atoms with Crippen LogP contribution < -0.4 is 5.32 Å². The Hall–Kier alpha value is -2.04. The van der Waals surface area contributed by atoms with Crippen molar-refractivity contribution in [1.29, 1.82) is 0 Å². The molecule has 0 radical (unpaired) electrons. The van der Waals surface area contributed by atoms with Crippen LogP contribution in [0.5, 0.6) is 0 Å². The van der Waals surface area contributed by atoms with E-state index >= 15 is 0 Å². The van der Waals surface area contributed by atoms with Gasteiger partial charge in [0, 0.05) is 23.7 Å². The summed E-state index contributed by atoms with van der Waals surface area (Å²) >= 11 is 4.23. The minimum atomic E-state index is -0.448. The molecular formula is C13H11N5O2S3. The maximum Gasteiger partial charge on any atom is 0.301 e. The molecule has 0 aliphatic heterocycles. The Morgan fingerprint density at radius 2 is 2.22 bits per heavy atom. The molecule has 10 heteroatoms. The molecule has 0 aliphatic carbocycles. The molecule has 7 nitrogen and oxygen atoms in total. The molecule has 118 valence electrons. The number of rotatable bonds is 7. The van der Waals surface area contributed by atoms with Gasteiger partial charge in [-0.15, -0.1) is 21.5 Å². The highest BCUT2D eigenvalue weighted by Gasteiger charge is 2.17. The molecule has 0 saturated carbocycles. The van der Waals surface area contributed by atoms with Crippen molar-refractivity contribution in [3.63, 3.8) is 0 Å². The predicted molar refractivity (Wildman–Crippen MR) is 91.4 cm³/mol. The van der Waals surface area contributed by atoms with Crippen LogP contribution in [-0.4, -0.2) is 26.6 Å². The zero-order chi connectivity index (χ0) is 16.1. The van der Waals surface area contributed by atoms with E-state index in [0.29, 0.717) is 14.5 Å². The average molecular weight is 365 g/mol. The van der Waals surface area contributed by atoms with Gasteiger partial charge in [-0.05, 0) is 35.7 Å². The third-order valence-electron chi connectivity index (χ3n) is 2.77. The van der Waals surface area contributed by atoms with E-state index in [4.69, 9.17) is 0 Å². The average Bonchev–Trinajstić information content (AvgIpc) is 3.20. The fourth-order valence-corrected chi connectivity index (χ4v) is 4.21. The molecule has 0 fully saturated rings. The zero-order valence-electron chi connectivity index (χ0n) is 11.7. The summed E-state index contributed by atoms with van der Waals surface area (Å²) in [7, 11) is 0. The van der Waals surface area contributed by atoms with E-state index in [0.717, 1.165) is 24.7 Å². The highest BCUT2D eigenvalue weighted by atomic mass is 32.2. The Balaban J connectivity index is 1.60. The highest BCUT2D eigenvalue weighted by molar-refractivity contribution is 8.01. The van der Waals surface area contributed by atoms with Crippen LogP contribution >= 0.6 is 34.4 Å². The summed E-state index contributed by atoms with van der Waals surface area (Å²) in [5.74, 6) is 0. The number of anilines is 1. The lowest BCUT2D eigenvalue weighted by Gasteiger charge is -1.99. The van der Waals surface area contributed by atoms with Crippen molar-refractivity contribution in [3.05, 3.63) is 50.8 Å². The van der Waals surface area contributed by atoms with Gasteiger partial charge in [-0.3, -0.25) is 10.1 Å². The molecule has 0 bridgehead atoms. The Labute approximate surface area is 144 Å². The molecule has 0 amide bonds. The number of pyridine rings is 1. The minimum Gasteiger partial charge on any atom is -0.360 e. The lowest BCUT2D eigenvalue weighted by molar-refractivity contribution is -0.388. The summed E-state index contributed by atoms with van der Waals surface area (Å²) in [5, 5.41) is 25.3. The second-order valence-electron chi connectivity index (χ2n) is 4.32. The minimum absolute atomic E-state index is 0.0279. The molecular weight excluding hydrogens is 354 g/mol. The van der Waals surface area contributed by atoms with E-state index in [-0.39, 0.29) is 5.69 Å². The van der Waals surface area contributed by atoms with Crippen molar-refractivity contribution in [3.8, 4) is 0 Å². The van der Waals surface area contributed by atoms with Gasteiger partial charge in [-0.25, -0.2) is 4.98 Å². The van der Waals surface area contributed by atoms with E-state index in [9.17, 15) is 10.1 Å². The quantitative estimate of drug-likeness (QED) is 0.504. The fourth-order valence-electron chi connectivity index (χ4n) is 1.75. The summed E-state index contributed by atoms with van der Waals surface area (Å²) in [4.78, 5) is 15.9. The van der Waals surface area contributed by atoms with Gasteiger partial charge in [-0.2, -0.15) is 0 Å². The summed E-state index contributed by atoms with van der Waals surface area (Å²) in [6.07, 6.45) is 2.45. The summed E-state index contributed by atoms with van der Waals surface area (Å²) < 4.78 is 0.616. The standard InChI is InChI=1S/C13H11N5O2S3/c19-18(20)10-4-1-6-14-11(10)22-13-17-16-12(23-13)15-7-5-9-3-2-8-21-9/h1-4,6,8H,5,7H2,(H,15,16). The van der Waals surface area contributed by atoms with Crippen LogP contribution in [0.3, 0.4) is 0 Å². The first-order valence-corrected chi connectivity index (χ1v) is 9.10. The van der Waals surface area contributed by atoms with E-state index in [1.54, 1.807) is 17.4 Å². The second-order valence-corrected chi connectivity index (χ2v) is 7.56. The van der Waals surface area contributed by atoms with E-state index in [2.05, 4.69) is 31.9 Å². The Kier molecular flexibility index (Phi) is 5.16. The van der Waals surface area contributed by atoms with Gasteiger partial charge in [0.1, 0.15) is 0 Å². The molecule has 0 unspecified atom stereocenters. The molecule has 3 rings (SSSR count). The molecule has 0 atom stereocenters. The van der Waals surface area contributed by atoms with Crippen LogP contribution in [0.2, 0.25) is 0 Å².